The van der Waals surface area contributed by atoms with E-state index in [1.54, 1.807) is 31.0 Å². The number of benzene rings is 1. The highest BCUT2D eigenvalue weighted by Gasteiger charge is 2.39. The van der Waals surface area contributed by atoms with Gasteiger partial charge in [-0.05, 0) is 31.2 Å². The van der Waals surface area contributed by atoms with Crippen molar-refractivity contribution >= 4 is 17.6 Å². The third-order valence-electron chi connectivity index (χ3n) is 6.65. The molecule has 10 nitrogen and oxygen atoms in total. The van der Waals surface area contributed by atoms with Crippen molar-refractivity contribution < 1.29 is 24.1 Å². The van der Waals surface area contributed by atoms with Gasteiger partial charge < -0.3 is 14.9 Å². The van der Waals surface area contributed by atoms with Gasteiger partial charge in [0, 0.05) is 56.3 Å². The van der Waals surface area contributed by atoms with Crippen LogP contribution < -0.4 is 5.32 Å². The first-order chi connectivity index (χ1) is 17.9. The fourth-order valence-electron chi connectivity index (χ4n) is 4.54. The first-order valence-corrected chi connectivity index (χ1v) is 12.8. The van der Waals surface area contributed by atoms with E-state index in [-0.39, 0.29) is 28.9 Å². The predicted octanol–water partition coefficient (Wildman–Crippen LogP) is 4.07. The van der Waals surface area contributed by atoms with Crippen LogP contribution in [0.15, 0.2) is 59.5 Å². The number of rotatable bonds is 9. The lowest BCUT2D eigenvalue weighted by Crippen LogP contribution is -2.47. The molecular weight excluding hydrogens is 488 g/mol. The van der Waals surface area contributed by atoms with Crippen LogP contribution in [0, 0.1) is 15.5 Å². The number of nitrogens with one attached hydrogen (secondary N) is 1. The van der Waals surface area contributed by atoms with Crippen LogP contribution in [0.25, 0.3) is 0 Å². The van der Waals surface area contributed by atoms with E-state index in [0.717, 1.165) is 19.6 Å². The number of hydroxylamine groups is 2. The summed E-state index contributed by atoms with van der Waals surface area (Å²) in [7, 11) is 0. The van der Waals surface area contributed by atoms with Crippen molar-refractivity contribution in [3.8, 4) is 0 Å². The quantitative estimate of drug-likeness (QED) is 0.220. The molecule has 10 heteroatoms. The van der Waals surface area contributed by atoms with Crippen molar-refractivity contribution in [2.24, 2.45) is 5.41 Å². The lowest BCUT2D eigenvalue weighted by Gasteiger charge is -2.34. The third-order valence-corrected chi connectivity index (χ3v) is 6.65. The van der Waals surface area contributed by atoms with Gasteiger partial charge in [-0.25, -0.2) is 9.59 Å². The smallest absolute Gasteiger partial charge is 0.355 e. The molecule has 2 aliphatic rings. The summed E-state index contributed by atoms with van der Waals surface area (Å²) < 4.78 is 5.65. The van der Waals surface area contributed by atoms with Crippen LogP contribution in [-0.4, -0.2) is 66.2 Å². The number of hydrogen-bond acceptors (Lipinski definition) is 9. The zero-order chi connectivity index (χ0) is 28.0. The number of piperazine rings is 1. The molecule has 2 heterocycles. The molecule has 0 radical (unpaired) electrons. The number of nitro groups is 1. The largest absolute Gasteiger partial charge is 0.462 e. The van der Waals surface area contributed by atoms with Gasteiger partial charge in [0.15, 0.2) is 0 Å². The number of dihydropyridines is 1. The predicted molar refractivity (Wildman–Crippen MR) is 144 cm³/mol. The monoisotopic (exact) mass is 526 g/mol. The van der Waals surface area contributed by atoms with Crippen molar-refractivity contribution in [2.45, 2.75) is 47.0 Å². The van der Waals surface area contributed by atoms with E-state index >= 15 is 0 Å². The lowest BCUT2D eigenvalue weighted by atomic mass is 9.80. The van der Waals surface area contributed by atoms with Gasteiger partial charge in [0.25, 0.3) is 5.69 Å². The van der Waals surface area contributed by atoms with Crippen LogP contribution in [0.4, 0.5) is 5.69 Å². The van der Waals surface area contributed by atoms with Crippen LogP contribution in [0.3, 0.4) is 0 Å². The minimum atomic E-state index is -0.811. The van der Waals surface area contributed by atoms with E-state index < -0.39 is 22.8 Å². The molecule has 2 aliphatic heterocycles. The Kier molecular flexibility index (Phi) is 9.45. The van der Waals surface area contributed by atoms with Gasteiger partial charge in [-0.3, -0.25) is 15.0 Å². The number of carbonyl (C=O) groups excluding carboxylic acids is 2. The molecule has 0 aliphatic carbocycles. The van der Waals surface area contributed by atoms with E-state index in [1.807, 2.05) is 6.08 Å². The van der Waals surface area contributed by atoms with Crippen molar-refractivity contribution in [3.05, 3.63) is 75.1 Å². The molecule has 0 saturated carbocycles. The van der Waals surface area contributed by atoms with Gasteiger partial charge in [0.05, 0.1) is 28.6 Å². The molecule has 38 heavy (non-hydrogen) atoms. The van der Waals surface area contributed by atoms with Gasteiger partial charge >= 0.3 is 11.9 Å². The zero-order valence-corrected chi connectivity index (χ0v) is 22.9. The second kappa shape index (κ2) is 12.4. The number of carbonyl (C=O) groups is 2. The molecular formula is C28H38N4O6. The van der Waals surface area contributed by atoms with Gasteiger partial charge in [0.1, 0.15) is 0 Å². The highest BCUT2D eigenvalue weighted by atomic mass is 16.7. The van der Waals surface area contributed by atoms with Crippen LogP contribution in [-0.2, 0) is 19.2 Å². The third kappa shape index (κ3) is 7.29. The number of nitro benzene ring substituents is 1. The second-order valence-corrected chi connectivity index (χ2v) is 10.8. The Hall–Kier alpha value is -3.50. The summed E-state index contributed by atoms with van der Waals surface area (Å²) in [6, 6.07) is 5.87. The fraction of sp³-hybridized carbons (Fsp3) is 0.500. The zero-order valence-electron chi connectivity index (χ0n) is 22.9. The first kappa shape index (κ1) is 29.1. The summed E-state index contributed by atoms with van der Waals surface area (Å²) in [5.74, 6) is -1.93. The molecule has 0 amide bonds. The Balaban J connectivity index is 1.91. The molecule has 1 aromatic rings. The minimum absolute atomic E-state index is 0.0204. The van der Waals surface area contributed by atoms with E-state index in [9.17, 15) is 19.7 Å². The maximum Gasteiger partial charge on any atom is 0.355 e. The summed E-state index contributed by atoms with van der Waals surface area (Å²) in [6.45, 7) is 17.0. The Morgan fingerprint density at radius 1 is 1.08 bits per heavy atom. The normalized spacial score (nSPS) is 19.1. The molecule has 0 aromatic heterocycles. The molecule has 1 saturated heterocycles. The Morgan fingerprint density at radius 3 is 2.18 bits per heavy atom. The number of esters is 1. The molecule has 206 valence electrons. The molecule has 1 unspecified atom stereocenters. The van der Waals surface area contributed by atoms with Crippen molar-refractivity contribution in [2.75, 3.05) is 39.3 Å². The van der Waals surface area contributed by atoms with Gasteiger partial charge in [-0.1, -0.05) is 39.0 Å². The van der Waals surface area contributed by atoms with Crippen molar-refractivity contribution in [1.82, 2.24) is 15.3 Å². The van der Waals surface area contributed by atoms with Gasteiger partial charge in [-0.2, -0.15) is 0 Å². The van der Waals surface area contributed by atoms with E-state index in [4.69, 9.17) is 9.57 Å². The van der Waals surface area contributed by atoms with Crippen molar-refractivity contribution in [3.63, 3.8) is 0 Å². The SMILES string of the molecule is C=CCN1CCN(OC(=O)C2=C(C)NC(C)=C(C(=O)OCCC(C)(C)C)C2c2ccc([N+](=O)[O-])cc2)CC1. The summed E-state index contributed by atoms with van der Waals surface area (Å²) in [4.78, 5) is 45.7. The molecule has 0 bridgehead atoms. The lowest BCUT2D eigenvalue weighted by molar-refractivity contribution is -0.384. The summed E-state index contributed by atoms with van der Waals surface area (Å²) in [6.07, 6.45) is 2.51. The Morgan fingerprint density at radius 2 is 1.66 bits per heavy atom. The first-order valence-electron chi connectivity index (χ1n) is 12.8. The maximum absolute atomic E-state index is 13.6. The fourth-order valence-corrected chi connectivity index (χ4v) is 4.54. The number of ether oxygens (including phenoxy) is 1. The second-order valence-electron chi connectivity index (χ2n) is 10.8. The molecule has 1 fully saturated rings. The van der Waals surface area contributed by atoms with Crippen LogP contribution in [0.2, 0.25) is 0 Å². The summed E-state index contributed by atoms with van der Waals surface area (Å²) in [5.41, 5.74) is 2.10. The van der Waals surface area contributed by atoms with E-state index in [1.165, 1.54) is 12.1 Å². The highest BCUT2D eigenvalue weighted by molar-refractivity contribution is 5.99. The molecule has 3 rings (SSSR count). The van der Waals surface area contributed by atoms with Crippen LogP contribution in [0.5, 0.6) is 0 Å². The van der Waals surface area contributed by atoms with E-state index in [0.29, 0.717) is 36.5 Å². The van der Waals surface area contributed by atoms with Crippen LogP contribution in [0.1, 0.15) is 52.5 Å². The van der Waals surface area contributed by atoms with Crippen LogP contribution >= 0.6 is 0 Å². The van der Waals surface area contributed by atoms with E-state index in [2.05, 4.69) is 37.6 Å². The highest BCUT2D eigenvalue weighted by Crippen LogP contribution is 2.40. The number of non-ortho nitro benzene ring substituents is 1. The summed E-state index contributed by atoms with van der Waals surface area (Å²) >= 11 is 0. The van der Waals surface area contributed by atoms with Crippen molar-refractivity contribution in [1.29, 1.82) is 0 Å². The standard InChI is InChI=1S/C28H38N4O6/c1-7-13-30-14-16-31(17-15-30)38-27(34)24-20(3)29-19(2)23(26(33)37-18-12-28(4,5)6)25(24)21-8-10-22(11-9-21)32(35)36/h7-11,25,29H,1,12-18H2,2-6H3. The number of nitrogens with zero attached hydrogens (tertiary/aromatic N) is 3. The maximum atomic E-state index is 13.6. The molecule has 1 aromatic carbocycles. The number of hydrogen-bond donors (Lipinski definition) is 1. The Bertz CT molecular complexity index is 1120. The topological polar surface area (TPSA) is 114 Å². The molecule has 1 N–H and O–H groups in total. The van der Waals surface area contributed by atoms with Gasteiger partial charge in [-0.15, -0.1) is 11.6 Å². The minimum Gasteiger partial charge on any atom is -0.462 e. The van der Waals surface area contributed by atoms with Gasteiger partial charge in [0.2, 0.25) is 0 Å². The average Bonchev–Trinajstić information content (AvgIpc) is 2.84. The molecule has 0 spiro atoms. The average molecular weight is 527 g/mol. The number of allylic oxidation sites excluding steroid dienone is 2. The molecule has 1 atom stereocenters. The Labute approximate surface area is 224 Å². The summed E-state index contributed by atoms with van der Waals surface area (Å²) in [5, 5.41) is 16.0.